The van der Waals surface area contributed by atoms with E-state index in [2.05, 4.69) is 10.5 Å². The van der Waals surface area contributed by atoms with Crippen molar-refractivity contribution >= 4 is 17.8 Å². The highest BCUT2D eigenvalue weighted by atomic mass is 16.6. The van der Waals surface area contributed by atoms with Crippen molar-refractivity contribution in [3.63, 3.8) is 0 Å². The van der Waals surface area contributed by atoms with Crippen LogP contribution in [0, 0.1) is 10.1 Å². The number of amides is 1. The van der Waals surface area contributed by atoms with Crippen molar-refractivity contribution in [2.75, 3.05) is 7.11 Å². The zero-order chi connectivity index (χ0) is 18.4. The number of aliphatic hydroxyl groups is 1. The quantitative estimate of drug-likeness (QED) is 0.412. The van der Waals surface area contributed by atoms with Gasteiger partial charge in [-0.1, -0.05) is 30.3 Å². The number of hydrogen-bond acceptors (Lipinski definition) is 7. The largest absolute Gasteiger partial charge is 0.504 e. The van der Waals surface area contributed by atoms with Crippen LogP contribution in [-0.4, -0.2) is 34.4 Å². The highest BCUT2D eigenvalue weighted by Crippen LogP contribution is 2.37. The van der Waals surface area contributed by atoms with E-state index in [1.54, 1.807) is 30.3 Å². The number of nitro groups is 1. The molecule has 0 radical (unpaired) electrons. The molecular formula is C16H15N3O6. The average Bonchev–Trinajstić information content (AvgIpc) is 2.62. The molecule has 0 saturated heterocycles. The Morgan fingerprint density at radius 3 is 2.60 bits per heavy atom. The van der Waals surface area contributed by atoms with Gasteiger partial charge in [-0.15, -0.1) is 0 Å². The number of aromatic hydroxyl groups is 1. The Hall–Kier alpha value is -3.46. The van der Waals surface area contributed by atoms with E-state index in [-0.39, 0.29) is 11.3 Å². The van der Waals surface area contributed by atoms with Gasteiger partial charge in [-0.3, -0.25) is 14.9 Å². The number of nitrogens with one attached hydrogen (secondary N) is 1. The standard InChI is InChI=1S/C16H15N3O6/c1-25-15-12(20)8-7-11(13(15)19(23)24)9-17-18-16(22)14(21)10-5-3-2-4-6-10/h2-9,14,20-21H,1H3,(H,18,22)/b17-9+. The monoisotopic (exact) mass is 345 g/mol. The predicted molar refractivity (Wildman–Crippen MR) is 88.5 cm³/mol. The third kappa shape index (κ3) is 4.09. The van der Waals surface area contributed by atoms with E-state index in [1.165, 1.54) is 19.2 Å². The number of carbonyl (C=O) groups is 1. The molecule has 2 aromatic carbocycles. The smallest absolute Gasteiger partial charge is 0.323 e. The molecular weight excluding hydrogens is 330 g/mol. The van der Waals surface area contributed by atoms with Crippen molar-refractivity contribution in [1.29, 1.82) is 0 Å². The Kier molecular flexibility index (Phi) is 5.64. The summed E-state index contributed by atoms with van der Waals surface area (Å²) < 4.78 is 4.82. The molecule has 2 aromatic rings. The Labute approximate surface area is 142 Å². The van der Waals surface area contributed by atoms with Gasteiger partial charge in [0.25, 0.3) is 5.91 Å². The Bertz CT molecular complexity index is 807. The molecule has 9 nitrogen and oxygen atoms in total. The van der Waals surface area contributed by atoms with E-state index >= 15 is 0 Å². The van der Waals surface area contributed by atoms with Gasteiger partial charge < -0.3 is 14.9 Å². The van der Waals surface area contributed by atoms with E-state index < -0.39 is 28.4 Å². The molecule has 0 bridgehead atoms. The number of nitrogens with zero attached hydrogens (tertiary/aromatic N) is 2. The fraction of sp³-hybridized carbons (Fsp3) is 0.125. The minimum Gasteiger partial charge on any atom is -0.504 e. The fourth-order valence-corrected chi connectivity index (χ4v) is 2.08. The van der Waals surface area contributed by atoms with Crippen molar-refractivity contribution in [2.45, 2.75) is 6.10 Å². The second kappa shape index (κ2) is 7.88. The summed E-state index contributed by atoms with van der Waals surface area (Å²) >= 11 is 0. The molecule has 0 aliphatic heterocycles. The Morgan fingerprint density at radius 2 is 2.00 bits per heavy atom. The zero-order valence-electron chi connectivity index (χ0n) is 13.1. The maximum Gasteiger partial charge on any atom is 0.323 e. The van der Waals surface area contributed by atoms with E-state index in [1.807, 2.05) is 0 Å². The molecule has 1 atom stereocenters. The van der Waals surface area contributed by atoms with Gasteiger partial charge >= 0.3 is 5.69 Å². The number of rotatable bonds is 6. The molecule has 25 heavy (non-hydrogen) atoms. The molecule has 0 aliphatic carbocycles. The lowest BCUT2D eigenvalue weighted by Crippen LogP contribution is -2.25. The van der Waals surface area contributed by atoms with Gasteiger partial charge in [0, 0.05) is 0 Å². The van der Waals surface area contributed by atoms with E-state index in [9.17, 15) is 25.1 Å². The number of aliphatic hydroxyl groups excluding tert-OH is 1. The molecule has 1 unspecified atom stereocenters. The second-order valence-electron chi connectivity index (χ2n) is 4.86. The normalized spacial score (nSPS) is 11.9. The lowest BCUT2D eigenvalue weighted by Gasteiger charge is -2.09. The van der Waals surface area contributed by atoms with Gasteiger partial charge in [0.1, 0.15) is 0 Å². The summed E-state index contributed by atoms with van der Waals surface area (Å²) in [4.78, 5) is 22.3. The summed E-state index contributed by atoms with van der Waals surface area (Å²) in [5.41, 5.74) is 2.00. The average molecular weight is 345 g/mol. The van der Waals surface area contributed by atoms with Crippen molar-refractivity contribution in [3.05, 3.63) is 63.7 Å². The summed E-state index contributed by atoms with van der Waals surface area (Å²) in [6.07, 6.45) is -0.405. The summed E-state index contributed by atoms with van der Waals surface area (Å²) in [6, 6.07) is 10.7. The van der Waals surface area contributed by atoms with Crippen LogP contribution >= 0.6 is 0 Å². The van der Waals surface area contributed by atoms with Gasteiger partial charge in [-0.2, -0.15) is 5.10 Å². The molecule has 130 valence electrons. The topological polar surface area (TPSA) is 134 Å². The number of methoxy groups -OCH3 is 1. The van der Waals surface area contributed by atoms with E-state index in [4.69, 9.17) is 4.74 Å². The third-order valence-electron chi connectivity index (χ3n) is 3.27. The van der Waals surface area contributed by atoms with Crippen LogP contribution in [0.3, 0.4) is 0 Å². The highest BCUT2D eigenvalue weighted by molar-refractivity contribution is 5.89. The molecule has 0 heterocycles. The maximum absolute atomic E-state index is 11.9. The maximum atomic E-state index is 11.9. The summed E-state index contributed by atoms with van der Waals surface area (Å²) in [5, 5.41) is 34.3. The number of phenolic OH excluding ortho intramolecular Hbond substituents is 1. The summed E-state index contributed by atoms with van der Waals surface area (Å²) in [7, 11) is 1.18. The van der Waals surface area contributed by atoms with Crippen LogP contribution in [0.15, 0.2) is 47.6 Å². The van der Waals surface area contributed by atoms with Crippen molar-refractivity contribution < 1.29 is 24.7 Å². The van der Waals surface area contributed by atoms with Crippen LogP contribution in [-0.2, 0) is 4.79 Å². The lowest BCUT2D eigenvalue weighted by atomic mass is 10.1. The van der Waals surface area contributed by atoms with Gasteiger partial charge in [-0.05, 0) is 17.7 Å². The molecule has 0 fully saturated rings. The van der Waals surface area contributed by atoms with Crippen LogP contribution in [0.25, 0.3) is 0 Å². The molecule has 1 amide bonds. The van der Waals surface area contributed by atoms with E-state index in [0.717, 1.165) is 6.21 Å². The molecule has 0 spiro atoms. The number of ether oxygens (including phenoxy) is 1. The fourth-order valence-electron chi connectivity index (χ4n) is 2.08. The van der Waals surface area contributed by atoms with Crippen LogP contribution in [0.4, 0.5) is 5.69 Å². The summed E-state index contributed by atoms with van der Waals surface area (Å²) in [6.45, 7) is 0. The van der Waals surface area contributed by atoms with E-state index in [0.29, 0.717) is 5.56 Å². The van der Waals surface area contributed by atoms with Gasteiger partial charge in [-0.25, -0.2) is 5.43 Å². The minimum absolute atomic E-state index is 0.00847. The molecule has 0 aliphatic rings. The van der Waals surface area contributed by atoms with Crippen molar-refractivity contribution in [3.8, 4) is 11.5 Å². The molecule has 2 rings (SSSR count). The van der Waals surface area contributed by atoms with Gasteiger partial charge in [0.05, 0.1) is 23.8 Å². The number of benzene rings is 2. The minimum atomic E-state index is -1.43. The SMILES string of the molecule is COc1c(O)ccc(/C=N/NC(=O)C(O)c2ccccc2)c1[N+](=O)[O-]. The number of carbonyl (C=O) groups excluding carboxylic acids is 1. The second-order valence-corrected chi connectivity index (χ2v) is 4.86. The number of phenols is 1. The van der Waals surface area contributed by atoms with Gasteiger partial charge in [0.2, 0.25) is 5.75 Å². The first-order valence-corrected chi connectivity index (χ1v) is 7.06. The number of hydrogen-bond donors (Lipinski definition) is 3. The van der Waals surface area contributed by atoms with Gasteiger partial charge in [0.15, 0.2) is 11.9 Å². The zero-order valence-corrected chi connectivity index (χ0v) is 13.1. The number of nitro benzene ring substituents is 1. The molecule has 0 aromatic heterocycles. The molecule has 3 N–H and O–H groups in total. The van der Waals surface area contributed by atoms with Crippen molar-refractivity contribution in [2.24, 2.45) is 5.10 Å². The lowest BCUT2D eigenvalue weighted by molar-refractivity contribution is -0.386. The predicted octanol–water partition coefficient (Wildman–Crippen LogP) is 1.49. The molecule has 9 heteroatoms. The first-order chi connectivity index (χ1) is 12.0. The highest BCUT2D eigenvalue weighted by Gasteiger charge is 2.23. The van der Waals surface area contributed by atoms with Crippen LogP contribution in [0.5, 0.6) is 11.5 Å². The van der Waals surface area contributed by atoms with Crippen molar-refractivity contribution in [1.82, 2.24) is 5.43 Å². The van der Waals surface area contributed by atoms with Crippen LogP contribution in [0.1, 0.15) is 17.2 Å². The van der Waals surface area contributed by atoms with Crippen LogP contribution in [0.2, 0.25) is 0 Å². The Balaban J connectivity index is 2.17. The Morgan fingerprint density at radius 1 is 1.32 bits per heavy atom. The van der Waals surface area contributed by atoms with Crippen LogP contribution < -0.4 is 10.2 Å². The first kappa shape index (κ1) is 17.9. The molecule has 0 saturated carbocycles. The first-order valence-electron chi connectivity index (χ1n) is 7.06. The number of hydrazone groups is 1. The third-order valence-corrected chi connectivity index (χ3v) is 3.27. The summed E-state index contributed by atoms with van der Waals surface area (Å²) in [5.74, 6) is -1.50.